The van der Waals surface area contributed by atoms with Crippen LogP contribution in [0.1, 0.15) is 18.3 Å². The fourth-order valence-electron chi connectivity index (χ4n) is 3.59. The minimum Gasteiger partial charge on any atom is -0.485 e. The molecule has 1 aliphatic heterocycles. The van der Waals surface area contributed by atoms with E-state index in [1.807, 2.05) is 60.1 Å². The van der Waals surface area contributed by atoms with Crippen LogP contribution in [0.15, 0.2) is 58.5 Å². The molecule has 0 aliphatic carbocycles. The molecule has 3 heterocycles. The quantitative estimate of drug-likeness (QED) is 0.379. The zero-order chi connectivity index (χ0) is 20.5. The molecule has 5 rings (SSSR count). The summed E-state index contributed by atoms with van der Waals surface area (Å²) >= 11 is 1.62. The van der Waals surface area contributed by atoms with Gasteiger partial charge in [-0.05, 0) is 30.7 Å². The monoisotopic (exact) mass is 423 g/mol. The molecule has 0 bridgehead atoms. The van der Waals surface area contributed by atoms with Crippen molar-refractivity contribution in [1.29, 1.82) is 0 Å². The fraction of sp³-hybridized carbons (Fsp3) is 0.286. The minimum atomic E-state index is -0.295. The van der Waals surface area contributed by atoms with Crippen LogP contribution in [0.5, 0.6) is 11.5 Å². The number of nitrogens with one attached hydrogen (secondary N) is 1. The largest absolute Gasteiger partial charge is 0.485 e. The van der Waals surface area contributed by atoms with Gasteiger partial charge in [-0.15, -0.1) is 10.2 Å². The Kier molecular flexibility index (Phi) is 4.96. The van der Waals surface area contributed by atoms with E-state index in [1.54, 1.807) is 16.3 Å². The smallest absolute Gasteiger partial charge is 0.326 e. The maximum absolute atomic E-state index is 12.2. The maximum Gasteiger partial charge on any atom is 0.326 e. The van der Waals surface area contributed by atoms with Gasteiger partial charge in [0.2, 0.25) is 0 Å². The lowest BCUT2D eigenvalue weighted by atomic mass is 10.2. The van der Waals surface area contributed by atoms with Gasteiger partial charge < -0.3 is 19.0 Å². The van der Waals surface area contributed by atoms with Crippen molar-refractivity contribution in [3.8, 4) is 11.5 Å². The third-order valence-corrected chi connectivity index (χ3v) is 6.21. The number of imidazole rings is 1. The summed E-state index contributed by atoms with van der Waals surface area (Å²) in [7, 11) is 1.94. The van der Waals surface area contributed by atoms with Gasteiger partial charge in [0, 0.05) is 19.3 Å². The molecule has 0 fully saturated rings. The third-order valence-electron chi connectivity index (χ3n) is 5.10. The Bertz CT molecular complexity index is 1240. The van der Waals surface area contributed by atoms with Gasteiger partial charge in [0.1, 0.15) is 6.61 Å². The van der Waals surface area contributed by atoms with E-state index in [2.05, 4.69) is 15.2 Å². The Hall–Kier alpha value is -3.20. The first kappa shape index (κ1) is 18.8. The number of nitrogens with zero attached hydrogens (tertiary/aromatic N) is 4. The predicted molar refractivity (Wildman–Crippen MR) is 114 cm³/mol. The summed E-state index contributed by atoms with van der Waals surface area (Å²) in [5, 5.41) is 9.46. The number of H-pyrrole nitrogens is 1. The molecule has 154 valence electrons. The Morgan fingerprint density at radius 2 is 1.93 bits per heavy atom. The zero-order valence-electron chi connectivity index (χ0n) is 16.4. The molecule has 0 saturated carbocycles. The lowest BCUT2D eigenvalue weighted by Crippen LogP contribution is -2.24. The van der Waals surface area contributed by atoms with Gasteiger partial charge in [0.15, 0.2) is 28.6 Å². The molecule has 0 saturated heterocycles. The fourth-order valence-corrected chi connectivity index (χ4v) is 4.44. The highest BCUT2D eigenvalue weighted by Gasteiger charge is 2.27. The molecular formula is C21H21N5O3S. The van der Waals surface area contributed by atoms with Crippen LogP contribution in [0.2, 0.25) is 0 Å². The van der Waals surface area contributed by atoms with E-state index in [4.69, 9.17) is 9.47 Å². The number of aromatic amines is 1. The van der Waals surface area contributed by atoms with Crippen LogP contribution in [0.25, 0.3) is 11.0 Å². The van der Waals surface area contributed by atoms with E-state index in [0.717, 1.165) is 45.7 Å². The maximum atomic E-state index is 12.2. The van der Waals surface area contributed by atoms with E-state index in [0.29, 0.717) is 13.2 Å². The first-order valence-corrected chi connectivity index (χ1v) is 10.8. The van der Waals surface area contributed by atoms with Crippen LogP contribution >= 0.6 is 11.8 Å². The highest BCUT2D eigenvalue weighted by molar-refractivity contribution is 7.99. The standard InChI is InChI=1S/C21H21N5O3S/c1-25-19(18-13-28-16-9-4-5-10-17(16)29-18)23-24-21(25)30-12-6-11-26-15-8-3-2-7-14(15)22-20(26)27/h2-5,7-10,18H,6,11-13H2,1H3,(H,22,27)/t18-/m0/s1. The van der Waals surface area contributed by atoms with Crippen LogP contribution in [-0.4, -0.2) is 36.7 Å². The van der Waals surface area contributed by atoms with Crippen molar-refractivity contribution in [2.45, 2.75) is 24.2 Å². The topological polar surface area (TPSA) is 87.0 Å². The van der Waals surface area contributed by atoms with Crippen molar-refractivity contribution in [1.82, 2.24) is 24.3 Å². The van der Waals surface area contributed by atoms with Gasteiger partial charge >= 0.3 is 5.69 Å². The van der Waals surface area contributed by atoms with Gasteiger partial charge in [-0.3, -0.25) is 4.57 Å². The Morgan fingerprint density at radius 3 is 2.83 bits per heavy atom. The van der Waals surface area contributed by atoms with Crippen LogP contribution in [-0.2, 0) is 13.6 Å². The SMILES string of the molecule is Cn1c(SCCCn2c(=O)[nH]c3ccccc32)nnc1[C@@H]1COc2ccccc2O1. The van der Waals surface area contributed by atoms with E-state index < -0.39 is 0 Å². The molecule has 8 nitrogen and oxygen atoms in total. The lowest BCUT2D eigenvalue weighted by molar-refractivity contribution is 0.0825. The minimum absolute atomic E-state index is 0.0723. The van der Waals surface area contributed by atoms with Gasteiger partial charge in [0.05, 0.1) is 11.0 Å². The Labute approximate surface area is 176 Å². The van der Waals surface area contributed by atoms with E-state index >= 15 is 0 Å². The number of aryl methyl sites for hydroxylation is 1. The van der Waals surface area contributed by atoms with Crippen LogP contribution in [0.4, 0.5) is 0 Å². The number of hydrogen-bond donors (Lipinski definition) is 1. The highest BCUT2D eigenvalue weighted by atomic mass is 32.2. The Balaban J connectivity index is 1.21. The van der Waals surface area contributed by atoms with Crippen molar-refractivity contribution in [2.24, 2.45) is 7.05 Å². The molecular weight excluding hydrogens is 402 g/mol. The van der Waals surface area contributed by atoms with Gasteiger partial charge in [-0.2, -0.15) is 0 Å². The number of para-hydroxylation sites is 4. The summed E-state index contributed by atoms with van der Waals surface area (Å²) in [5.74, 6) is 3.02. The Morgan fingerprint density at radius 1 is 1.13 bits per heavy atom. The number of ether oxygens (including phenoxy) is 2. The summed E-state index contributed by atoms with van der Waals surface area (Å²) in [6.45, 7) is 1.05. The number of benzene rings is 2. The summed E-state index contributed by atoms with van der Waals surface area (Å²) in [6, 6.07) is 15.4. The molecule has 30 heavy (non-hydrogen) atoms. The molecule has 0 amide bonds. The van der Waals surface area contributed by atoms with Crippen molar-refractivity contribution in [3.05, 3.63) is 64.8 Å². The summed E-state index contributed by atoms with van der Waals surface area (Å²) in [5.41, 5.74) is 1.73. The second-order valence-corrected chi connectivity index (χ2v) is 8.13. The summed E-state index contributed by atoms with van der Waals surface area (Å²) in [4.78, 5) is 15.1. The normalized spacial score (nSPS) is 15.6. The number of fused-ring (bicyclic) bond motifs is 2. The molecule has 0 unspecified atom stereocenters. The first-order chi connectivity index (χ1) is 14.7. The molecule has 2 aromatic heterocycles. The molecule has 2 aromatic carbocycles. The van der Waals surface area contributed by atoms with Crippen LogP contribution in [0.3, 0.4) is 0 Å². The van der Waals surface area contributed by atoms with E-state index in [1.165, 1.54) is 0 Å². The van der Waals surface area contributed by atoms with Crippen molar-refractivity contribution >= 4 is 22.8 Å². The number of rotatable bonds is 6. The van der Waals surface area contributed by atoms with Gasteiger partial charge in [-0.25, -0.2) is 4.79 Å². The summed E-state index contributed by atoms with van der Waals surface area (Å²) in [6.07, 6.45) is 0.543. The average Bonchev–Trinajstić information content (AvgIpc) is 3.30. The summed E-state index contributed by atoms with van der Waals surface area (Å²) < 4.78 is 15.6. The number of thioether (sulfide) groups is 1. The first-order valence-electron chi connectivity index (χ1n) is 9.79. The molecule has 4 aromatic rings. The number of hydrogen-bond acceptors (Lipinski definition) is 6. The molecule has 1 atom stereocenters. The number of aromatic nitrogens is 5. The lowest BCUT2D eigenvalue weighted by Gasteiger charge is -2.25. The molecule has 0 spiro atoms. The van der Waals surface area contributed by atoms with Gasteiger partial charge in [0.25, 0.3) is 0 Å². The van der Waals surface area contributed by atoms with Crippen LogP contribution in [0, 0.1) is 0 Å². The predicted octanol–water partition coefficient (Wildman–Crippen LogP) is 3.15. The molecule has 9 heteroatoms. The second-order valence-electron chi connectivity index (χ2n) is 7.06. The van der Waals surface area contributed by atoms with Crippen molar-refractivity contribution in [2.75, 3.05) is 12.4 Å². The highest BCUT2D eigenvalue weighted by Crippen LogP contribution is 2.35. The van der Waals surface area contributed by atoms with Crippen molar-refractivity contribution in [3.63, 3.8) is 0 Å². The average molecular weight is 423 g/mol. The van der Waals surface area contributed by atoms with Crippen molar-refractivity contribution < 1.29 is 9.47 Å². The van der Waals surface area contributed by atoms with E-state index in [-0.39, 0.29) is 11.8 Å². The second kappa shape index (κ2) is 7.91. The van der Waals surface area contributed by atoms with E-state index in [9.17, 15) is 4.79 Å². The molecule has 0 radical (unpaired) electrons. The van der Waals surface area contributed by atoms with Gasteiger partial charge in [-0.1, -0.05) is 36.0 Å². The van der Waals surface area contributed by atoms with Crippen LogP contribution < -0.4 is 15.2 Å². The zero-order valence-corrected chi connectivity index (χ0v) is 17.3. The third kappa shape index (κ3) is 3.45. The molecule has 1 N–H and O–H groups in total. The molecule has 1 aliphatic rings.